The van der Waals surface area contributed by atoms with Gasteiger partial charge in [0.1, 0.15) is 5.75 Å². The van der Waals surface area contributed by atoms with E-state index in [2.05, 4.69) is 22.4 Å². The molecule has 3 rings (SSSR count). The highest BCUT2D eigenvalue weighted by Crippen LogP contribution is 2.22. The Kier molecular flexibility index (Phi) is 6.33. The summed E-state index contributed by atoms with van der Waals surface area (Å²) in [7, 11) is 1.64. The van der Waals surface area contributed by atoms with Gasteiger partial charge in [-0.1, -0.05) is 30.3 Å². The lowest BCUT2D eigenvalue weighted by atomic mass is 10.1. The lowest BCUT2D eigenvalue weighted by Crippen LogP contribution is -2.24. The van der Waals surface area contributed by atoms with Gasteiger partial charge in [0.25, 0.3) is 0 Å². The molecular weight excluding hydrogens is 346 g/mol. The third-order valence-electron chi connectivity index (χ3n) is 3.82. The number of carbonyl (C=O) groups excluding carboxylic acids is 1. The number of rotatable bonds is 8. The van der Waals surface area contributed by atoms with Gasteiger partial charge in [0, 0.05) is 30.4 Å². The molecule has 26 heavy (non-hydrogen) atoms. The molecule has 0 unspecified atom stereocenters. The maximum atomic E-state index is 12.1. The Hall–Kier alpha value is -2.73. The third kappa shape index (κ3) is 5.39. The van der Waals surface area contributed by atoms with Gasteiger partial charge >= 0.3 is 0 Å². The second-order valence-corrected chi connectivity index (χ2v) is 6.85. The van der Waals surface area contributed by atoms with E-state index in [1.54, 1.807) is 19.6 Å². The van der Waals surface area contributed by atoms with E-state index in [4.69, 9.17) is 4.74 Å². The summed E-state index contributed by atoms with van der Waals surface area (Å²) >= 11 is 1.50. The maximum absolute atomic E-state index is 12.1. The molecule has 1 N–H and O–H groups in total. The molecule has 0 aliphatic rings. The highest BCUT2D eigenvalue weighted by atomic mass is 32.2. The number of nitrogens with zero attached hydrogens (tertiary/aromatic N) is 2. The van der Waals surface area contributed by atoms with Crippen molar-refractivity contribution in [1.82, 2.24) is 14.9 Å². The molecule has 134 valence electrons. The largest absolute Gasteiger partial charge is 0.497 e. The van der Waals surface area contributed by atoms with Gasteiger partial charge in [-0.15, -0.1) is 11.8 Å². The van der Waals surface area contributed by atoms with E-state index in [1.165, 1.54) is 17.3 Å². The van der Waals surface area contributed by atoms with Crippen molar-refractivity contribution in [3.8, 4) is 5.75 Å². The number of carbonyl (C=O) groups is 1. The van der Waals surface area contributed by atoms with Gasteiger partial charge in [-0.3, -0.25) is 4.79 Å². The number of ether oxygens (including phenoxy) is 1. The number of amides is 1. The lowest BCUT2D eigenvalue weighted by Gasteiger charge is -2.08. The fraction of sp³-hybridized carbons (Fsp3) is 0.200. The van der Waals surface area contributed by atoms with E-state index in [1.807, 2.05) is 47.2 Å². The Balaban J connectivity index is 1.48. The van der Waals surface area contributed by atoms with Crippen LogP contribution in [0, 0.1) is 0 Å². The van der Waals surface area contributed by atoms with Crippen LogP contribution in [0.1, 0.15) is 11.1 Å². The average Bonchev–Trinajstić information content (AvgIpc) is 3.18. The molecule has 5 nitrogen and oxygen atoms in total. The molecule has 1 heterocycles. The van der Waals surface area contributed by atoms with E-state index in [9.17, 15) is 4.79 Å². The van der Waals surface area contributed by atoms with E-state index in [0.29, 0.717) is 12.3 Å². The molecule has 2 aromatic carbocycles. The molecule has 1 aromatic heterocycles. The van der Waals surface area contributed by atoms with Crippen molar-refractivity contribution >= 4 is 17.7 Å². The normalized spacial score (nSPS) is 10.5. The Labute approximate surface area is 157 Å². The Morgan fingerprint density at radius 1 is 1.19 bits per heavy atom. The zero-order valence-electron chi connectivity index (χ0n) is 14.6. The van der Waals surface area contributed by atoms with Crippen LogP contribution in [-0.4, -0.2) is 28.3 Å². The second-order valence-electron chi connectivity index (χ2n) is 5.80. The summed E-state index contributed by atoms with van der Waals surface area (Å²) in [4.78, 5) is 17.2. The van der Waals surface area contributed by atoms with Crippen LogP contribution < -0.4 is 10.1 Å². The number of thioether (sulfide) groups is 1. The monoisotopic (exact) mass is 367 g/mol. The maximum Gasteiger partial charge on any atom is 0.230 e. The highest BCUT2D eigenvalue weighted by Gasteiger charge is 2.05. The fourth-order valence-corrected chi connectivity index (χ4v) is 3.29. The minimum absolute atomic E-state index is 0.0119. The Morgan fingerprint density at radius 2 is 2.04 bits per heavy atom. The Morgan fingerprint density at radius 3 is 2.85 bits per heavy atom. The quantitative estimate of drug-likeness (QED) is 0.621. The molecule has 0 atom stereocenters. The average molecular weight is 367 g/mol. The molecule has 0 aliphatic carbocycles. The molecule has 0 fully saturated rings. The van der Waals surface area contributed by atoms with Crippen LogP contribution >= 0.6 is 11.8 Å². The number of hydrogen-bond acceptors (Lipinski definition) is 4. The van der Waals surface area contributed by atoms with Crippen molar-refractivity contribution in [2.45, 2.75) is 18.0 Å². The van der Waals surface area contributed by atoms with Crippen molar-refractivity contribution in [3.05, 3.63) is 78.4 Å². The molecule has 0 spiro atoms. The van der Waals surface area contributed by atoms with Gasteiger partial charge in [0.15, 0.2) is 0 Å². The second kappa shape index (κ2) is 9.10. The zero-order valence-corrected chi connectivity index (χ0v) is 15.4. The van der Waals surface area contributed by atoms with Gasteiger partial charge in [-0.25, -0.2) is 4.98 Å². The van der Waals surface area contributed by atoms with E-state index >= 15 is 0 Å². The predicted octanol–water partition coefficient (Wildman–Crippen LogP) is 3.35. The van der Waals surface area contributed by atoms with Crippen LogP contribution in [-0.2, 0) is 17.9 Å². The van der Waals surface area contributed by atoms with Crippen molar-refractivity contribution in [1.29, 1.82) is 0 Å². The first-order valence-electron chi connectivity index (χ1n) is 8.30. The summed E-state index contributed by atoms with van der Waals surface area (Å²) in [6, 6.07) is 15.9. The van der Waals surface area contributed by atoms with E-state index in [0.717, 1.165) is 22.8 Å². The van der Waals surface area contributed by atoms with E-state index < -0.39 is 0 Å². The molecule has 6 heteroatoms. The summed E-state index contributed by atoms with van der Waals surface area (Å²) < 4.78 is 7.21. The molecule has 0 saturated carbocycles. The van der Waals surface area contributed by atoms with Crippen molar-refractivity contribution in [3.63, 3.8) is 0 Å². The van der Waals surface area contributed by atoms with Gasteiger partial charge in [-0.05, 0) is 29.3 Å². The molecule has 1 amide bonds. The third-order valence-corrected chi connectivity index (χ3v) is 4.81. The van der Waals surface area contributed by atoms with Crippen LogP contribution in [0.2, 0.25) is 0 Å². The minimum atomic E-state index is 0.0119. The highest BCUT2D eigenvalue weighted by molar-refractivity contribution is 8.00. The van der Waals surface area contributed by atoms with Crippen LogP contribution in [0.5, 0.6) is 5.75 Å². The number of aromatic nitrogens is 2. The number of nitrogens with one attached hydrogen (secondary N) is 1. The van der Waals surface area contributed by atoms with Crippen LogP contribution in [0.15, 0.2) is 72.1 Å². The summed E-state index contributed by atoms with van der Waals surface area (Å²) in [6.45, 7) is 1.29. The summed E-state index contributed by atoms with van der Waals surface area (Å²) in [5, 5.41) is 2.97. The SMILES string of the molecule is COc1cccc(SCC(=O)NCc2cccc(Cn3ccnc3)c2)c1. The summed E-state index contributed by atoms with van der Waals surface area (Å²) in [6.07, 6.45) is 5.50. The standard InChI is InChI=1S/C20H21N3O2S/c1-25-18-6-3-7-19(11-18)26-14-20(24)22-12-16-4-2-5-17(10-16)13-23-9-8-21-15-23/h2-11,15H,12-14H2,1H3,(H,22,24). The van der Waals surface area contributed by atoms with Crippen molar-refractivity contribution < 1.29 is 9.53 Å². The van der Waals surface area contributed by atoms with Crippen LogP contribution in [0.3, 0.4) is 0 Å². The van der Waals surface area contributed by atoms with Gasteiger partial charge < -0.3 is 14.6 Å². The number of methoxy groups -OCH3 is 1. The zero-order chi connectivity index (χ0) is 18.2. The first-order valence-corrected chi connectivity index (χ1v) is 9.28. The first-order chi connectivity index (χ1) is 12.7. The molecule has 3 aromatic rings. The van der Waals surface area contributed by atoms with Crippen LogP contribution in [0.25, 0.3) is 0 Å². The number of imidazole rings is 1. The first kappa shape index (κ1) is 18.1. The number of hydrogen-bond donors (Lipinski definition) is 1. The lowest BCUT2D eigenvalue weighted by molar-refractivity contribution is -0.118. The van der Waals surface area contributed by atoms with Gasteiger partial charge in [0.05, 0.1) is 19.2 Å². The predicted molar refractivity (Wildman–Crippen MR) is 103 cm³/mol. The minimum Gasteiger partial charge on any atom is -0.497 e. The molecule has 0 aliphatic heterocycles. The summed E-state index contributed by atoms with van der Waals surface area (Å²) in [5.74, 6) is 1.19. The van der Waals surface area contributed by atoms with Crippen molar-refractivity contribution in [2.24, 2.45) is 0 Å². The van der Waals surface area contributed by atoms with Gasteiger partial charge in [0.2, 0.25) is 5.91 Å². The summed E-state index contributed by atoms with van der Waals surface area (Å²) in [5.41, 5.74) is 2.27. The molecule has 0 saturated heterocycles. The fourth-order valence-electron chi connectivity index (χ4n) is 2.52. The Bertz CT molecular complexity index is 850. The smallest absolute Gasteiger partial charge is 0.230 e. The molecule has 0 radical (unpaired) electrons. The van der Waals surface area contributed by atoms with E-state index in [-0.39, 0.29) is 5.91 Å². The van der Waals surface area contributed by atoms with Gasteiger partial charge in [-0.2, -0.15) is 0 Å². The van der Waals surface area contributed by atoms with Crippen molar-refractivity contribution in [2.75, 3.05) is 12.9 Å². The number of benzene rings is 2. The molecule has 0 bridgehead atoms. The van der Waals surface area contributed by atoms with Crippen LogP contribution in [0.4, 0.5) is 0 Å². The molecular formula is C20H21N3O2S. The topological polar surface area (TPSA) is 56.1 Å².